The molecule has 5 rings (SSSR count). The largest absolute Gasteiger partial charge is 0.296 e. The van der Waals surface area contributed by atoms with Crippen molar-refractivity contribution in [1.29, 1.82) is 0 Å². The molecular formula is C30H35N5O. The fourth-order valence-electron chi connectivity index (χ4n) is 5.00. The zero-order valence-electron chi connectivity index (χ0n) is 21.6. The molecule has 36 heavy (non-hydrogen) atoms. The van der Waals surface area contributed by atoms with Crippen LogP contribution >= 0.6 is 0 Å². The Hall–Kier alpha value is -3.54. The topological polar surface area (TPSA) is 65.6 Å². The van der Waals surface area contributed by atoms with E-state index in [9.17, 15) is 4.79 Å². The van der Waals surface area contributed by atoms with Crippen LogP contribution in [0.1, 0.15) is 70.2 Å². The number of para-hydroxylation sites is 2. The molecule has 0 saturated heterocycles. The molecule has 0 unspecified atom stereocenters. The van der Waals surface area contributed by atoms with E-state index in [4.69, 9.17) is 15.0 Å². The highest BCUT2D eigenvalue weighted by Crippen LogP contribution is 2.29. The summed E-state index contributed by atoms with van der Waals surface area (Å²) in [5, 5.41) is 0.553. The summed E-state index contributed by atoms with van der Waals surface area (Å²) in [6.07, 6.45) is 9.14. The number of rotatable bonds is 10. The molecule has 0 bridgehead atoms. The first-order chi connectivity index (χ1) is 17.6. The minimum atomic E-state index is -0.0270. The zero-order chi connectivity index (χ0) is 25.1. The maximum absolute atomic E-state index is 13.9. The highest BCUT2D eigenvalue weighted by molar-refractivity contribution is 6.05. The Balaban J connectivity index is 1.70. The molecule has 0 aliphatic carbocycles. The van der Waals surface area contributed by atoms with Gasteiger partial charge in [-0.25, -0.2) is 15.0 Å². The lowest BCUT2D eigenvalue weighted by Gasteiger charge is -2.11. The van der Waals surface area contributed by atoms with Crippen molar-refractivity contribution in [3.8, 4) is 5.69 Å². The summed E-state index contributed by atoms with van der Waals surface area (Å²) in [4.78, 5) is 28.7. The van der Waals surface area contributed by atoms with Gasteiger partial charge >= 0.3 is 0 Å². The summed E-state index contributed by atoms with van der Waals surface area (Å²) in [6, 6.07) is 16.4. The third-order valence-corrected chi connectivity index (χ3v) is 7.05. The molecule has 3 aromatic heterocycles. The molecule has 0 aliphatic rings. The van der Waals surface area contributed by atoms with Crippen LogP contribution in [0.25, 0.3) is 38.9 Å². The fraction of sp³-hybridized carbons (Fsp3) is 0.400. The minimum Gasteiger partial charge on any atom is -0.296 e. The van der Waals surface area contributed by atoms with E-state index in [-0.39, 0.29) is 5.56 Å². The number of aryl methyl sites for hydroxylation is 2. The third kappa shape index (κ3) is 4.52. The zero-order valence-corrected chi connectivity index (χ0v) is 21.6. The van der Waals surface area contributed by atoms with Crippen molar-refractivity contribution in [2.45, 2.75) is 78.7 Å². The van der Waals surface area contributed by atoms with Crippen molar-refractivity contribution in [1.82, 2.24) is 24.1 Å². The third-order valence-electron chi connectivity index (χ3n) is 7.05. The van der Waals surface area contributed by atoms with Crippen molar-refractivity contribution < 1.29 is 0 Å². The van der Waals surface area contributed by atoms with Gasteiger partial charge < -0.3 is 0 Å². The van der Waals surface area contributed by atoms with Gasteiger partial charge in [-0.1, -0.05) is 70.2 Å². The van der Waals surface area contributed by atoms with Crippen molar-refractivity contribution >= 4 is 33.2 Å². The van der Waals surface area contributed by atoms with Crippen molar-refractivity contribution in [3.63, 3.8) is 0 Å². The molecule has 186 valence electrons. The molecule has 0 amide bonds. The Morgan fingerprint density at radius 3 is 2.17 bits per heavy atom. The van der Waals surface area contributed by atoms with E-state index in [1.807, 2.05) is 40.3 Å². The molecule has 0 spiro atoms. The molecule has 0 N–H and O–H groups in total. The SMILES string of the molecule is CCCCCCCn1c(C)nc2c(c1=O)c1nc3ccccc3nc1n2-c1ccc(CCCC)cc1. The van der Waals surface area contributed by atoms with Gasteiger partial charge in [-0.05, 0) is 56.0 Å². The lowest BCUT2D eigenvalue weighted by Crippen LogP contribution is -2.24. The van der Waals surface area contributed by atoms with Gasteiger partial charge in [0.15, 0.2) is 11.3 Å². The Morgan fingerprint density at radius 2 is 1.44 bits per heavy atom. The van der Waals surface area contributed by atoms with Gasteiger partial charge in [0.25, 0.3) is 5.56 Å². The number of hydrogen-bond donors (Lipinski definition) is 0. The highest BCUT2D eigenvalue weighted by Gasteiger charge is 2.22. The normalized spacial score (nSPS) is 11.8. The van der Waals surface area contributed by atoms with Gasteiger partial charge in [0.1, 0.15) is 16.7 Å². The molecule has 0 aliphatic heterocycles. The summed E-state index contributed by atoms with van der Waals surface area (Å²) < 4.78 is 3.83. The van der Waals surface area contributed by atoms with Gasteiger partial charge in [0, 0.05) is 12.2 Å². The quantitative estimate of drug-likeness (QED) is 0.203. The maximum atomic E-state index is 13.9. The van der Waals surface area contributed by atoms with Gasteiger partial charge in [-0.15, -0.1) is 0 Å². The predicted octanol–water partition coefficient (Wildman–Crippen LogP) is 6.91. The van der Waals surface area contributed by atoms with Gasteiger partial charge in [-0.3, -0.25) is 13.9 Å². The fourth-order valence-corrected chi connectivity index (χ4v) is 5.00. The lowest BCUT2D eigenvalue weighted by molar-refractivity contribution is 0.546. The van der Waals surface area contributed by atoms with Crippen molar-refractivity contribution in [2.75, 3.05) is 0 Å². The first kappa shape index (κ1) is 24.2. The van der Waals surface area contributed by atoms with E-state index in [0.29, 0.717) is 28.7 Å². The number of fused-ring (bicyclic) bond motifs is 4. The predicted molar refractivity (Wildman–Crippen MR) is 148 cm³/mol. The van der Waals surface area contributed by atoms with E-state index >= 15 is 0 Å². The van der Waals surface area contributed by atoms with Crippen LogP contribution in [0, 0.1) is 6.92 Å². The van der Waals surface area contributed by atoms with E-state index in [0.717, 1.165) is 41.8 Å². The van der Waals surface area contributed by atoms with Crippen molar-refractivity contribution in [2.24, 2.45) is 0 Å². The van der Waals surface area contributed by atoms with Crippen LogP contribution in [0.3, 0.4) is 0 Å². The average molecular weight is 482 g/mol. The monoisotopic (exact) mass is 481 g/mol. The molecule has 5 aromatic rings. The molecule has 0 radical (unpaired) electrons. The Morgan fingerprint density at radius 1 is 0.750 bits per heavy atom. The van der Waals surface area contributed by atoms with Crippen LogP contribution in [0.2, 0.25) is 0 Å². The van der Waals surface area contributed by atoms with Gasteiger partial charge in [0.05, 0.1) is 11.0 Å². The summed E-state index contributed by atoms with van der Waals surface area (Å²) in [5.74, 6) is 0.733. The van der Waals surface area contributed by atoms with Crippen LogP contribution in [0.5, 0.6) is 0 Å². The van der Waals surface area contributed by atoms with Crippen LogP contribution < -0.4 is 5.56 Å². The van der Waals surface area contributed by atoms with Crippen LogP contribution in [0.15, 0.2) is 53.3 Å². The second-order valence-electron chi connectivity index (χ2n) is 9.72. The highest BCUT2D eigenvalue weighted by atomic mass is 16.1. The van der Waals surface area contributed by atoms with Crippen LogP contribution in [-0.2, 0) is 13.0 Å². The Labute approximate surface area is 212 Å². The van der Waals surface area contributed by atoms with E-state index in [1.165, 1.54) is 37.7 Å². The summed E-state index contributed by atoms with van der Waals surface area (Å²) >= 11 is 0. The lowest BCUT2D eigenvalue weighted by atomic mass is 10.1. The summed E-state index contributed by atoms with van der Waals surface area (Å²) in [5.41, 5.74) is 5.75. The number of hydrogen-bond acceptors (Lipinski definition) is 4. The Bertz CT molecular complexity index is 1560. The maximum Gasteiger partial charge on any atom is 0.265 e. The second-order valence-corrected chi connectivity index (χ2v) is 9.72. The molecule has 6 nitrogen and oxygen atoms in total. The minimum absolute atomic E-state index is 0.0270. The Kier molecular flexibility index (Phi) is 7.12. The van der Waals surface area contributed by atoms with Gasteiger partial charge in [-0.2, -0.15) is 0 Å². The number of nitrogens with zero attached hydrogens (tertiary/aromatic N) is 5. The molecule has 2 aromatic carbocycles. The standard InChI is InChI=1S/C30H35N5O/c1-4-6-8-9-12-20-34-21(3)31-28-26(30(34)36)27-29(33-25-15-11-10-14-24(25)32-27)35(28)23-18-16-22(17-19-23)13-7-5-2/h10-11,14-19H,4-9,12-13,20H2,1-3H3. The molecule has 0 fully saturated rings. The molecule has 3 heterocycles. The first-order valence-electron chi connectivity index (χ1n) is 13.4. The second kappa shape index (κ2) is 10.6. The van der Waals surface area contributed by atoms with Crippen LogP contribution in [-0.4, -0.2) is 24.1 Å². The van der Waals surface area contributed by atoms with E-state index < -0.39 is 0 Å². The smallest absolute Gasteiger partial charge is 0.265 e. The van der Waals surface area contributed by atoms with Crippen molar-refractivity contribution in [3.05, 3.63) is 70.3 Å². The molecule has 0 saturated carbocycles. The average Bonchev–Trinajstić information content (AvgIpc) is 3.20. The first-order valence-corrected chi connectivity index (χ1v) is 13.4. The molecule has 0 atom stereocenters. The number of benzene rings is 2. The summed E-state index contributed by atoms with van der Waals surface area (Å²) in [6.45, 7) is 7.03. The molecular weight excluding hydrogens is 446 g/mol. The number of aromatic nitrogens is 5. The van der Waals surface area contributed by atoms with E-state index in [2.05, 4.69) is 38.1 Å². The number of unbranched alkanes of at least 4 members (excludes halogenated alkanes) is 5. The summed E-state index contributed by atoms with van der Waals surface area (Å²) in [7, 11) is 0. The van der Waals surface area contributed by atoms with Gasteiger partial charge in [0.2, 0.25) is 0 Å². The van der Waals surface area contributed by atoms with Crippen LogP contribution in [0.4, 0.5) is 0 Å². The molecule has 6 heteroatoms. The van der Waals surface area contributed by atoms with E-state index in [1.54, 1.807) is 0 Å².